The Morgan fingerprint density at radius 3 is 1.30 bits per heavy atom. The van der Waals surface area contributed by atoms with Gasteiger partial charge in [-0.2, -0.15) is 0 Å². The summed E-state index contributed by atoms with van der Waals surface area (Å²) >= 11 is 0. The van der Waals surface area contributed by atoms with E-state index in [-0.39, 0.29) is 0 Å². The maximum atomic E-state index is 5.40. The quantitative estimate of drug-likeness (QED) is 0.610. The lowest BCUT2D eigenvalue weighted by molar-refractivity contribution is 1.13. The summed E-state index contributed by atoms with van der Waals surface area (Å²) in [4.78, 5) is 2.10. The second-order valence-electron chi connectivity index (χ2n) is 5.74. The van der Waals surface area contributed by atoms with Gasteiger partial charge in [0, 0.05) is 25.3 Å². The van der Waals surface area contributed by atoms with Crippen LogP contribution >= 0.6 is 0 Å². The number of terminal acetylenes is 1. The molecule has 1 heteroatoms. The highest BCUT2D eigenvalue weighted by Gasteiger charge is 2.01. The van der Waals surface area contributed by atoms with Gasteiger partial charge in [0.15, 0.2) is 0 Å². The van der Waals surface area contributed by atoms with Crippen LogP contribution in [0.1, 0.15) is 5.56 Å². The average molecular weight is 297 g/mol. The van der Waals surface area contributed by atoms with Crippen molar-refractivity contribution < 1.29 is 0 Å². The molecule has 23 heavy (non-hydrogen) atoms. The molecule has 0 aliphatic heterocycles. The summed E-state index contributed by atoms with van der Waals surface area (Å²) < 4.78 is 0. The van der Waals surface area contributed by atoms with Gasteiger partial charge >= 0.3 is 0 Å². The van der Waals surface area contributed by atoms with E-state index in [4.69, 9.17) is 6.42 Å². The van der Waals surface area contributed by atoms with Crippen LogP contribution in [0.3, 0.4) is 0 Å². The Morgan fingerprint density at radius 1 is 0.609 bits per heavy atom. The minimum Gasteiger partial charge on any atom is -0.378 e. The van der Waals surface area contributed by atoms with Gasteiger partial charge in [0.25, 0.3) is 0 Å². The largest absolute Gasteiger partial charge is 0.378 e. The molecule has 3 aromatic rings. The highest BCUT2D eigenvalue weighted by molar-refractivity contribution is 5.71. The van der Waals surface area contributed by atoms with Crippen molar-refractivity contribution in [3.63, 3.8) is 0 Å². The molecule has 0 amide bonds. The van der Waals surface area contributed by atoms with Crippen molar-refractivity contribution in [2.75, 3.05) is 19.0 Å². The fourth-order valence-corrected chi connectivity index (χ4v) is 2.57. The molecule has 3 rings (SSSR count). The first-order valence-corrected chi connectivity index (χ1v) is 7.62. The Bertz CT molecular complexity index is 817. The highest BCUT2D eigenvalue weighted by atomic mass is 15.1. The summed E-state index contributed by atoms with van der Waals surface area (Å²) in [5.41, 5.74) is 6.94. The predicted octanol–water partition coefficient (Wildman–Crippen LogP) is 5.07. The summed E-state index contributed by atoms with van der Waals surface area (Å²) in [6.07, 6.45) is 5.40. The molecule has 3 aromatic carbocycles. The summed E-state index contributed by atoms with van der Waals surface area (Å²) in [6, 6.07) is 25.3. The van der Waals surface area contributed by atoms with Crippen LogP contribution in [-0.4, -0.2) is 14.1 Å². The molecule has 0 fully saturated rings. The number of anilines is 1. The molecule has 0 aliphatic rings. The van der Waals surface area contributed by atoms with Crippen LogP contribution in [0.15, 0.2) is 72.8 Å². The van der Waals surface area contributed by atoms with E-state index in [1.807, 2.05) is 12.1 Å². The zero-order valence-corrected chi connectivity index (χ0v) is 13.5. The Kier molecular flexibility index (Phi) is 4.17. The van der Waals surface area contributed by atoms with Crippen LogP contribution in [0, 0.1) is 12.3 Å². The van der Waals surface area contributed by atoms with E-state index in [0.717, 1.165) is 5.56 Å². The third-order valence-electron chi connectivity index (χ3n) is 3.99. The van der Waals surface area contributed by atoms with Gasteiger partial charge in [-0.05, 0) is 46.5 Å². The molecular weight excluding hydrogens is 278 g/mol. The van der Waals surface area contributed by atoms with Crippen molar-refractivity contribution >= 4 is 5.69 Å². The lowest BCUT2D eigenvalue weighted by atomic mass is 9.99. The molecule has 0 heterocycles. The van der Waals surface area contributed by atoms with E-state index in [9.17, 15) is 0 Å². The van der Waals surface area contributed by atoms with Gasteiger partial charge in [0.05, 0.1) is 0 Å². The lowest BCUT2D eigenvalue weighted by Crippen LogP contribution is -2.07. The lowest BCUT2D eigenvalue weighted by Gasteiger charge is -2.13. The topological polar surface area (TPSA) is 3.24 Å². The van der Waals surface area contributed by atoms with Crippen molar-refractivity contribution in [3.05, 3.63) is 78.4 Å². The zero-order chi connectivity index (χ0) is 16.2. The zero-order valence-electron chi connectivity index (χ0n) is 13.5. The van der Waals surface area contributed by atoms with Gasteiger partial charge in [0.2, 0.25) is 0 Å². The van der Waals surface area contributed by atoms with Gasteiger partial charge in [-0.15, -0.1) is 6.42 Å². The van der Waals surface area contributed by atoms with Gasteiger partial charge < -0.3 is 4.90 Å². The Morgan fingerprint density at radius 2 is 0.957 bits per heavy atom. The van der Waals surface area contributed by atoms with E-state index in [2.05, 4.69) is 85.6 Å². The van der Waals surface area contributed by atoms with E-state index in [1.165, 1.54) is 27.9 Å². The molecule has 112 valence electrons. The Labute approximate surface area is 138 Å². The molecule has 0 unspecified atom stereocenters. The van der Waals surface area contributed by atoms with Gasteiger partial charge in [-0.1, -0.05) is 54.5 Å². The monoisotopic (exact) mass is 297 g/mol. The molecule has 0 bridgehead atoms. The number of benzene rings is 3. The van der Waals surface area contributed by atoms with E-state index >= 15 is 0 Å². The van der Waals surface area contributed by atoms with Crippen LogP contribution in [0.25, 0.3) is 22.3 Å². The molecule has 0 N–H and O–H groups in total. The summed E-state index contributed by atoms with van der Waals surface area (Å²) in [7, 11) is 4.10. The van der Waals surface area contributed by atoms with Gasteiger partial charge in [0.1, 0.15) is 0 Å². The number of rotatable bonds is 3. The first-order chi connectivity index (χ1) is 11.2. The molecule has 0 saturated heterocycles. The highest BCUT2D eigenvalue weighted by Crippen LogP contribution is 2.26. The molecule has 0 spiro atoms. The predicted molar refractivity (Wildman–Crippen MR) is 99.6 cm³/mol. The normalized spacial score (nSPS) is 10.1. The van der Waals surface area contributed by atoms with Crippen molar-refractivity contribution in [3.8, 4) is 34.6 Å². The molecule has 0 saturated carbocycles. The summed E-state index contributed by atoms with van der Waals surface area (Å²) in [6.45, 7) is 0. The maximum Gasteiger partial charge on any atom is 0.0361 e. The second kappa shape index (κ2) is 6.42. The van der Waals surface area contributed by atoms with Crippen molar-refractivity contribution in [2.24, 2.45) is 0 Å². The van der Waals surface area contributed by atoms with Crippen LogP contribution < -0.4 is 4.90 Å². The van der Waals surface area contributed by atoms with Crippen molar-refractivity contribution in [2.45, 2.75) is 0 Å². The third kappa shape index (κ3) is 3.27. The smallest absolute Gasteiger partial charge is 0.0361 e. The van der Waals surface area contributed by atoms with E-state index in [1.54, 1.807) is 0 Å². The van der Waals surface area contributed by atoms with Crippen LogP contribution in [-0.2, 0) is 0 Å². The second-order valence-corrected chi connectivity index (χ2v) is 5.74. The van der Waals surface area contributed by atoms with E-state index in [0.29, 0.717) is 0 Å². The van der Waals surface area contributed by atoms with Gasteiger partial charge in [-0.3, -0.25) is 0 Å². The molecule has 0 aromatic heterocycles. The first kappa shape index (κ1) is 14.9. The summed E-state index contributed by atoms with van der Waals surface area (Å²) in [5.74, 6) is 2.65. The Balaban J connectivity index is 1.85. The van der Waals surface area contributed by atoms with Crippen molar-refractivity contribution in [1.29, 1.82) is 0 Å². The van der Waals surface area contributed by atoms with Crippen molar-refractivity contribution in [1.82, 2.24) is 0 Å². The molecular formula is C22H19N. The minimum absolute atomic E-state index is 0.909. The number of nitrogens with zero attached hydrogens (tertiary/aromatic N) is 1. The molecule has 0 radical (unpaired) electrons. The molecule has 0 atom stereocenters. The fourth-order valence-electron chi connectivity index (χ4n) is 2.57. The number of hydrogen-bond donors (Lipinski definition) is 0. The van der Waals surface area contributed by atoms with Gasteiger partial charge in [-0.25, -0.2) is 0 Å². The average Bonchev–Trinajstić information content (AvgIpc) is 2.62. The SMILES string of the molecule is C#Cc1ccc(-c2ccc(-c3ccc(N(C)C)cc3)cc2)cc1. The molecule has 1 nitrogen and oxygen atoms in total. The Hall–Kier alpha value is -2.98. The summed E-state index contributed by atoms with van der Waals surface area (Å²) in [5, 5.41) is 0. The van der Waals surface area contributed by atoms with Crippen LogP contribution in [0.2, 0.25) is 0 Å². The maximum absolute atomic E-state index is 5.40. The van der Waals surface area contributed by atoms with Crippen LogP contribution in [0.5, 0.6) is 0 Å². The van der Waals surface area contributed by atoms with Crippen LogP contribution in [0.4, 0.5) is 5.69 Å². The van der Waals surface area contributed by atoms with E-state index < -0.39 is 0 Å². The number of hydrogen-bond acceptors (Lipinski definition) is 1. The fraction of sp³-hybridized carbons (Fsp3) is 0.0909. The third-order valence-corrected chi connectivity index (χ3v) is 3.99. The minimum atomic E-state index is 0.909. The first-order valence-electron chi connectivity index (χ1n) is 7.62. The molecule has 0 aliphatic carbocycles. The standard InChI is InChI=1S/C22H19N/c1-4-17-5-7-18(8-6-17)19-9-11-20(12-10-19)21-13-15-22(16-14-21)23(2)3/h1,5-16H,2-3H3.